The van der Waals surface area contributed by atoms with Gasteiger partial charge in [0, 0.05) is 6.54 Å². The van der Waals surface area contributed by atoms with Crippen molar-refractivity contribution in [2.75, 3.05) is 6.54 Å². The molecule has 1 aliphatic heterocycles. The van der Waals surface area contributed by atoms with E-state index in [9.17, 15) is 9.18 Å². The Morgan fingerprint density at radius 1 is 1.22 bits per heavy atom. The summed E-state index contributed by atoms with van der Waals surface area (Å²) in [6.45, 7) is 5.92. The zero-order chi connectivity index (χ0) is 19.2. The van der Waals surface area contributed by atoms with Gasteiger partial charge in [0.2, 0.25) is 5.91 Å². The zero-order valence-electron chi connectivity index (χ0n) is 15.0. The lowest BCUT2D eigenvalue weighted by Crippen LogP contribution is -2.32. The van der Waals surface area contributed by atoms with Crippen LogP contribution >= 0.6 is 11.8 Å². The first-order valence-electron chi connectivity index (χ1n) is 8.59. The predicted molar refractivity (Wildman–Crippen MR) is 109 cm³/mol. The standard InChI is InChI=1S/C21H20FN3OS/c1-3-13-25-20(26)19(14-16-7-5-4-6-8-16)27-21(25)24-23-15(2)17-9-11-18(22)12-10-17/h3-12,19H,1,13-14H2,2H3/b23-15-,24-21-/t19-/m0/s1. The van der Waals surface area contributed by atoms with Gasteiger partial charge in [-0.3, -0.25) is 9.69 Å². The van der Waals surface area contributed by atoms with E-state index in [4.69, 9.17) is 0 Å². The normalized spacial score (nSPS) is 19.0. The molecule has 1 atom stereocenters. The second kappa shape index (κ2) is 8.77. The molecule has 6 heteroatoms. The van der Waals surface area contributed by atoms with E-state index in [0.29, 0.717) is 23.8 Å². The molecule has 0 N–H and O–H groups in total. The van der Waals surface area contributed by atoms with E-state index < -0.39 is 0 Å². The minimum absolute atomic E-state index is 0.0112. The first-order chi connectivity index (χ1) is 13.1. The molecule has 0 aliphatic carbocycles. The Kier molecular flexibility index (Phi) is 6.19. The lowest BCUT2D eigenvalue weighted by atomic mass is 10.1. The Morgan fingerprint density at radius 3 is 2.59 bits per heavy atom. The van der Waals surface area contributed by atoms with Gasteiger partial charge in [0.1, 0.15) is 5.82 Å². The molecule has 1 saturated heterocycles. The van der Waals surface area contributed by atoms with Crippen LogP contribution in [0.5, 0.6) is 0 Å². The molecule has 1 fully saturated rings. The third kappa shape index (κ3) is 4.71. The van der Waals surface area contributed by atoms with E-state index in [1.165, 1.54) is 23.9 Å². The van der Waals surface area contributed by atoms with Crippen LogP contribution in [0.25, 0.3) is 0 Å². The molecule has 1 amide bonds. The van der Waals surface area contributed by atoms with Crippen molar-refractivity contribution in [3.05, 3.63) is 84.2 Å². The number of rotatable bonds is 6. The van der Waals surface area contributed by atoms with Crippen molar-refractivity contribution in [2.45, 2.75) is 18.6 Å². The van der Waals surface area contributed by atoms with Gasteiger partial charge in [0.25, 0.3) is 0 Å². The Labute approximate surface area is 162 Å². The summed E-state index contributed by atoms with van der Waals surface area (Å²) in [6, 6.07) is 16.0. The van der Waals surface area contributed by atoms with Gasteiger partial charge in [0.05, 0.1) is 11.0 Å². The van der Waals surface area contributed by atoms with Crippen molar-refractivity contribution in [3.63, 3.8) is 0 Å². The first kappa shape index (κ1) is 19.0. The molecule has 1 heterocycles. The summed E-state index contributed by atoms with van der Waals surface area (Å²) in [6.07, 6.45) is 2.31. The first-order valence-corrected chi connectivity index (χ1v) is 9.47. The molecule has 138 valence electrons. The fraction of sp³-hybridized carbons (Fsp3) is 0.190. The van der Waals surface area contributed by atoms with Crippen molar-refractivity contribution in [2.24, 2.45) is 10.2 Å². The zero-order valence-corrected chi connectivity index (χ0v) is 15.8. The van der Waals surface area contributed by atoms with Gasteiger partial charge in [0.15, 0.2) is 5.17 Å². The number of carbonyl (C=O) groups excluding carboxylic acids is 1. The number of halogens is 1. The fourth-order valence-electron chi connectivity index (χ4n) is 2.71. The van der Waals surface area contributed by atoms with Crippen molar-refractivity contribution in [3.8, 4) is 0 Å². The molecule has 0 radical (unpaired) electrons. The highest BCUT2D eigenvalue weighted by Gasteiger charge is 2.37. The van der Waals surface area contributed by atoms with Crippen LogP contribution in [-0.4, -0.2) is 33.5 Å². The van der Waals surface area contributed by atoms with Crippen molar-refractivity contribution >= 4 is 28.5 Å². The number of amides is 1. The summed E-state index contributed by atoms with van der Waals surface area (Å²) in [7, 11) is 0. The van der Waals surface area contributed by atoms with Crippen LogP contribution in [0.15, 0.2) is 77.5 Å². The number of hydrogen-bond donors (Lipinski definition) is 0. The molecule has 0 aromatic heterocycles. The maximum atomic E-state index is 13.1. The summed E-state index contributed by atoms with van der Waals surface area (Å²) in [5, 5.41) is 8.87. The average molecular weight is 381 g/mol. The molecular formula is C21H20FN3OS. The summed E-state index contributed by atoms with van der Waals surface area (Å²) in [5.74, 6) is -0.284. The molecule has 0 unspecified atom stereocenters. The highest BCUT2D eigenvalue weighted by atomic mass is 32.2. The van der Waals surface area contributed by atoms with Gasteiger partial charge in [-0.15, -0.1) is 11.7 Å². The van der Waals surface area contributed by atoms with Crippen molar-refractivity contribution in [1.29, 1.82) is 0 Å². The molecule has 3 rings (SSSR count). The van der Waals surface area contributed by atoms with Crippen molar-refractivity contribution in [1.82, 2.24) is 4.90 Å². The SMILES string of the molecule is C=CCN1C(=O)[C@H](Cc2ccccc2)S/C1=N\N=C(\C)c1ccc(F)cc1. The van der Waals surface area contributed by atoms with Crippen molar-refractivity contribution < 1.29 is 9.18 Å². The Hall–Kier alpha value is -2.73. The maximum absolute atomic E-state index is 13.1. The highest BCUT2D eigenvalue weighted by molar-refractivity contribution is 8.15. The molecule has 4 nitrogen and oxygen atoms in total. The lowest BCUT2D eigenvalue weighted by Gasteiger charge is -2.13. The molecule has 1 aliphatic rings. The van der Waals surface area contributed by atoms with Gasteiger partial charge < -0.3 is 0 Å². The topological polar surface area (TPSA) is 45.0 Å². The molecular weight excluding hydrogens is 361 g/mol. The third-order valence-corrected chi connectivity index (χ3v) is 5.31. The number of benzene rings is 2. The Bertz CT molecular complexity index is 878. The van der Waals surface area contributed by atoms with E-state index in [1.54, 1.807) is 30.0 Å². The van der Waals surface area contributed by atoms with Crippen LogP contribution in [0.1, 0.15) is 18.1 Å². The van der Waals surface area contributed by atoms with Crippen LogP contribution in [0.4, 0.5) is 4.39 Å². The second-order valence-corrected chi connectivity index (χ2v) is 7.28. The molecule has 0 bridgehead atoms. The van der Waals surface area contributed by atoms with Crippen LogP contribution in [0.3, 0.4) is 0 Å². The largest absolute Gasteiger partial charge is 0.285 e. The third-order valence-electron chi connectivity index (χ3n) is 4.14. The Balaban J connectivity index is 1.80. The monoisotopic (exact) mass is 381 g/mol. The highest BCUT2D eigenvalue weighted by Crippen LogP contribution is 2.30. The van der Waals surface area contributed by atoms with E-state index in [0.717, 1.165) is 11.1 Å². The van der Waals surface area contributed by atoms with Gasteiger partial charge in [-0.1, -0.05) is 60.3 Å². The Morgan fingerprint density at radius 2 is 1.93 bits per heavy atom. The van der Waals surface area contributed by atoms with Crippen LogP contribution in [0, 0.1) is 5.82 Å². The summed E-state index contributed by atoms with van der Waals surface area (Å²) < 4.78 is 13.1. The van der Waals surface area contributed by atoms with E-state index in [1.807, 2.05) is 30.3 Å². The molecule has 0 saturated carbocycles. The average Bonchev–Trinajstić information content (AvgIpc) is 2.97. The van der Waals surface area contributed by atoms with Gasteiger partial charge in [-0.25, -0.2) is 4.39 Å². The minimum Gasteiger partial charge on any atom is -0.285 e. The van der Waals surface area contributed by atoms with Crippen LogP contribution in [-0.2, 0) is 11.2 Å². The summed E-state index contributed by atoms with van der Waals surface area (Å²) in [5.41, 5.74) is 2.54. The number of thioether (sulfide) groups is 1. The summed E-state index contributed by atoms with van der Waals surface area (Å²) in [4.78, 5) is 14.4. The van der Waals surface area contributed by atoms with Crippen LogP contribution < -0.4 is 0 Å². The van der Waals surface area contributed by atoms with Crippen LogP contribution in [0.2, 0.25) is 0 Å². The van der Waals surface area contributed by atoms with Gasteiger partial charge >= 0.3 is 0 Å². The summed E-state index contributed by atoms with van der Waals surface area (Å²) >= 11 is 1.41. The number of amidine groups is 1. The van der Waals surface area contributed by atoms with E-state index in [-0.39, 0.29) is 17.0 Å². The predicted octanol–water partition coefficient (Wildman–Crippen LogP) is 4.28. The minimum atomic E-state index is -0.296. The molecule has 0 spiro atoms. The van der Waals surface area contributed by atoms with E-state index >= 15 is 0 Å². The number of nitrogens with zero attached hydrogens (tertiary/aromatic N) is 3. The molecule has 2 aromatic carbocycles. The smallest absolute Gasteiger partial charge is 0.242 e. The maximum Gasteiger partial charge on any atom is 0.242 e. The fourth-order valence-corrected chi connectivity index (χ4v) is 3.85. The number of carbonyl (C=O) groups is 1. The van der Waals surface area contributed by atoms with Gasteiger partial charge in [-0.2, -0.15) is 5.10 Å². The second-order valence-electron chi connectivity index (χ2n) is 6.11. The molecule has 27 heavy (non-hydrogen) atoms. The van der Waals surface area contributed by atoms with Gasteiger partial charge in [-0.05, 0) is 36.6 Å². The molecule has 2 aromatic rings. The van der Waals surface area contributed by atoms with E-state index in [2.05, 4.69) is 16.8 Å². The lowest BCUT2D eigenvalue weighted by molar-refractivity contribution is -0.125. The quantitative estimate of drug-likeness (QED) is 0.426. The number of hydrogen-bond acceptors (Lipinski definition) is 4.